The van der Waals surface area contributed by atoms with E-state index in [0.717, 1.165) is 5.56 Å². The van der Waals surface area contributed by atoms with Crippen molar-refractivity contribution < 1.29 is 43.5 Å². The van der Waals surface area contributed by atoms with Gasteiger partial charge >= 0.3 is 5.97 Å². The fourth-order valence-electron chi connectivity index (χ4n) is 5.32. The zero-order chi connectivity index (χ0) is 33.6. The van der Waals surface area contributed by atoms with Crippen LogP contribution in [-0.4, -0.2) is 68.6 Å². The average molecular weight is 655 g/mol. The van der Waals surface area contributed by atoms with Gasteiger partial charge in [-0.1, -0.05) is 43.6 Å². The molecular weight excluding hydrogens is 616 g/mol. The Morgan fingerprint density at radius 1 is 1.00 bits per heavy atom. The van der Waals surface area contributed by atoms with Crippen molar-refractivity contribution in [1.82, 2.24) is 0 Å². The number of carbonyl (C=O) groups excluding carboxylic acids is 2. The molecule has 0 aliphatic carbocycles. The van der Waals surface area contributed by atoms with E-state index in [4.69, 9.17) is 35.7 Å². The molecule has 0 fully saturated rings. The van der Waals surface area contributed by atoms with Gasteiger partial charge in [-0.3, -0.25) is 14.4 Å². The number of hydrogen-bond acceptors (Lipinski definition) is 8. The summed E-state index contributed by atoms with van der Waals surface area (Å²) in [5.41, 5.74) is 2.04. The minimum absolute atomic E-state index is 0.0492. The first kappa shape index (κ1) is 34.6. The number of nitrogens with zero attached hydrogens (tertiary/aromatic N) is 1. The van der Waals surface area contributed by atoms with Gasteiger partial charge in [0.05, 0.1) is 33.4 Å². The van der Waals surface area contributed by atoms with Gasteiger partial charge in [-0.2, -0.15) is 0 Å². The number of ether oxygens (including phenoxy) is 4. The monoisotopic (exact) mass is 654 g/mol. The lowest BCUT2D eigenvalue weighted by Crippen LogP contribution is -2.46. The number of hydrogen-bond donors (Lipinski definition) is 3. The van der Waals surface area contributed by atoms with Crippen molar-refractivity contribution in [1.29, 1.82) is 0 Å². The minimum atomic E-state index is -1.26. The van der Waals surface area contributed by atoms with Crippen molar-refractivity contribution in [3.05, 3.63) is 76.3 Å². The first-order valence-corrected chi connectivity index (χ1v) is 15.1. The highest BCUT2D eigenvalue weighted by atomic mass is 35.5. The van der Waals surface area contributed by atoms with Crippen LogP contribution in [0.1, 0.15) is 49.5 Å². The number of benzene rings is 3. The summed E-state index contributed by atoms with van der Waals surface area (Å²) in [6.07, 6.45) is -2.27. The number of aryl methyl sites for hydroxylation is 1. The van der Waals surface area contributed by atoms with Crippen LogP contribution in [0.5, 0.6) is 17.2 Å². The maximum atomic E-state index is 14.3. The van der Waals surface area contributed by atoms with Gasteiger partial charge < -0.3 is 39.4 Å². The number of halogens is 1. The number of anilines is 2. The van der Waals surface area contributed by atoms with E-state index in [0.29, 0.717) is 51.2 Å². The van der Waals surface area contributed by atoms with Crippen LogP contribution in [0.4, 0.5) is 11.4 Å². The van der Waals surface area contributed by atoms with Crippen molar-refractivity contribution in [3.63, 3.8) is 0 Å². The van der Waals surface area contributed by atoms with E-state index in [1.807, 2.05) is 13.8 Å². The van der Waals surface area contributed by atoms with Crippen LogP contribution in [0.2, 0.25) is 5.02 Å². The second-order valence-corrected chi connectivity index (χ2v) is 12.2. The molecule has 1 heterocycles. The maximum Gasteiger partial charge on any atom is 0.303 e. The molecule has 3 aromatic rings. The molecule has 0 unspecified atom stereocenters. The summed E-state index contributed by atoms with van der Waals surface area (Å²) < 4.78 is 23.3. The molecule has 3 aromatic carbocycles. The number of fused-ring (bicyclic) bond motifs is 1. The van der Waals surface area contributed by atoms with Gasteiger partial charge in [0.2, 0.25) is 5.91 Å². The highest BCUT2D eigenvalue weighted by Crippen LogP contribution is 2.45. The molecular formula is C34H39ClN2O9. The van der Waals surface area contributed by atoms with Crippen molar-refractivity contribution in [2.24, 2.45) is 5.41 Å². The van der Waals surface area contributed by atoms with Crippen LogP contribution in [0.25, 0.3) is 0 Å². The lowest BCUT2D eigenvalue weighted by molar-refractivity contribution is -0.137. The number of aliphatic hydroxyl groups is 1. The third-order valence-corrected chi connectivity index (χ3v) is 7.91. The van der Waals surface area contributed by atoms with Crippen molar-refractivity contribution >= 4 is 40.8 Å². The van der Waals surface area contributed by atoms with Crippen molar-refractivity contribution in [2.75, 3.05) is 44.7 Å². The van der Waals surface area contributed by atoms with E-state index < -0.39 is 35.4 Å². The molecule has 0 aromatic heterocycles. The topological polar surface area (TPSA) is 144 Å². The Bertz CT molecular complexity index is 1590. The number of amides is 2. The predicted molar refractivity (Wildman–Crippen MR) is 173 cm³/mol. The fraction of sp³-hybridized carbons (Fsp3) is 0.382. The summed E-state index contributed by atoms with van der Waals surface area (Å²) in [5, 5.41) is 22.4. The number of methoxy groups -OCH3 is 3. The van der Waals surface area contributed by atoms with Crippen LogP contribution in [0.3, 0.4) is 0 Å². The van der Waals surface area contributed by atoms with E-state index >= 15 is 0 Å². The van der Waals surface area contributed by atoms with E-state index in [-0.39, 0.29) is 26.0 Å². The summed E-state index contributed by atoms with van der Waals surface area (Å²) in [6, 6.07) is 15.4. The van der Waals surface area contributed by atoms with Gasteiger partial charge in [0.15, 0.2) is 11.5 Å². The zero-order valence-corrected chi connectivity index (χ0v) is 27.2. The highest BCUT2D eigenvalue weighted by molar-refractivity contribution is 6.30. The molecule has 46 heavy (non-hydrogen) atoms. The van der Waals surface area contributed by atoms with E-state index in [9.17, 15) is 19.5 Å². The number of aliphatic carboxylic acids is 1. The molecule has 2 amide bonds. The van der Waals surface area contributed by atoms with Crippen LogP contribution < -0.4 is 24.4 Å². The first-order chi connectivity index (χ1) is 21.9. The number of rotatable bonds is 13. The van der Waals surface area contributed by atoms with Gasteiger partial charge in [-0.15, -0.1) is 0 Å². The number of aliphatic hydroxyl groups excluding tert-OH is 1. The number of para-hydroxylation sites is 1. The van der Waals surface area contributed by atoms with Crippen LogP contribution in [0, 0.1) is 5.41 Å². The molecule has 1 aliphatic heterocycles. The fourth-order valence-corrected chi connectivity index (χ4v) is 5.50. The summed E-state index contributed by atoms with van der Waals surface area (Å²) in [6.45, 7) is 3.60. The lowest BCUT2D eigenvalue weighted by Gasteiger charge is -2.32. The number of carboxylic acid groups (broad SMARTS) is 1. The predicted octanol–water partition coefficient (Wildman–Crippen LogP) is 5.25. The minimum Gasteiger partial charge on any atom is -0.495 e. The lowest BCUT2D eigenvalue weighted by atomic mass is 9.92. The average Bonchev–Trinajstić information content (AvgIpc) is 3.13. The van der Waals surface area contributed by atoms with Crippen LogP contribution >= 0.6 is 11.6 Å². The molecule has 0 radical (unpaired) electrons. The standard InChI is InChI=1S/C34H39ClN2O9/c1-34(2,19-38)18-37-25-13-11-21(35)16-23(25)31(22-7-6-8-26(43-3)32(22)45-5)46-28(33(37)42)17-29(39)36-24-12-9-20(10-14-30(40)41)15-27(24)44-4/h6-9,11-13,15-16,28,31,38H,10,14,17-19H2,1-5H3,(H,36,39)(H,40,41)/t28-,31-/m1/s1. The molecule has 2 atom stereocenters. The number of carbonyl (C=O) groups is 3. The maximum absolute atomic E-state index is 14.3. The Hall–Kier alpha value is -4.32. The second-order valence-electron chi connectivity index (χ2n) is 11.7. The van der Waals surface area contributed by atoms with Crippen molar-refractivity contribution in [2.45, 2.75) is 45.3 Å². The first-order valence-electron chi connectivity index (χ1n) is 14.7. The molecule has 11 nitrogen and oxygen atoms in total. The molecule has 4 rings (SSSR count). The Kier molecular flexibility index (Phi) is 11.2. The molecule has 246 valence electrons. The molecule has 1 aliphatic rings. The largest absolute Gasteiger partial charge is 0.495 e. The number of carboxylic acids is 1. The van der Waals surface area contributed by atoms with E-state index in [2.05, 4.69) is 5.32 Å². The summed E-state index contributed by atoms with van der Waals surface area (Å²) in [4.78, 5) is 40.4. The van der Waals surface area contributed by atoms with Crippen LogP contribution in [0.15, 0.2) is 54.6 Å². The van der Waals surface area contributed by atoms with Gasteiger partial charge in [-0.25, -0.2) is 0 Å². The third kappa shape index (κ3) is 7.90. The molecule has 0 saturated carbocycles. The summed E-state index contributed by atoms with van der Waals surface area (Å²) in [7, 11) is 4.46. The smallest absolute Gasteiger partial charge is 0.303 e. The van der Waals surface area contributed by atoms with Gasteiger partial charge in [0, 0.05) is 46.8 Å². The Morgan fingerprint density at radius 2 is 1.74 bits per heavy atom. The quantitative estimate of drug-likeness (QED) is 0.225. The zero-order valence-electron chi connectivity index (χ0n) is 26.5. The molecule has 12 heteroatoms. The Morgan fingerprint density at radius 3 is 2.39 bits per heavy atom. The van der Waals surface area contributed by atoms with Crippen LogP contribution in [-0.2, 0) is 25.5 Å². The van der Waals surface area contributed by atoms with Crippen molar-refractivity contribution in [3.8, 4) is 17.2 Å². The second kappa shape index (κ2) is 14.8. The normalized spacial score (nSPS) is 16.3. The molecule has 3 N–H and O–H groups in total. The van der Waals surface area contributed by atoms with Gasteiger partial charge in [0.25, 0.3) is 5.91 Å². The van der Waals surface area contributed by atoms with E-state index in [1.165, 1.54) is 26.2 Å². The summed E-state index contributed by atoms with van der Waals surface area (Å²) >= 11 is 6.49. The molecule has 0 bridgehead atoms. The molecule has 0 spiro atoms. The van der Waals surface area contributed by atoms with Gasteiger partial charge in [0.1, 0.15) is 18.0 Å². The SMILES string of the molecule is COc1cc(CCC(=O)O)ccc1NC(=O)C[C@H]1O[C@H](c2cccc(OC)c2OC)c2cc(Cl)ccc2N(CC(C)(C)CO)C1=O. The Balaban J connectivity index is 1.75. The Labute approximate surface area is 273 Å². The summed E-state index contributed by atoms with van der Waals surface area (Å²) in [5.74, 6) is -0.716. The van der Waals surface area contributed by atoms with Gasteiger partial charge in [-0.05, 0) is 48.4 Å². The number of nitrogens with one attached hydrogen (secondary N) is 1. The molecule has 0 saturated heterocycles. The highest BCUT2D eigenvalue weighted by Gasteiger charge is 2.40. The van der Waals surface area contributed by atoms with E-state index in [1.54, 1.807) is 54.6 Å². The third-order valence-electron chi connectivity index (χ3n) is 7.67.